The van der Waals surface area contributed by atoms with E-state index in [1.165, 1.54) is 52.8 Å². The van der Waals surface area contributed by atoms with E-state index in [1.807, 2.05) is 72.0 Å². The fourth-order valence-electron chi connectivity index (χ4n) is 7.68. The highest BCUT2D eigenvalue weighted by atomic mass is 32.1. The largest absolute Gasteiger partial charge is 0.309 e. The molecule has 0 atom stereocenters. The minimum absolute atomic E-state index is 0.599. The number of benzene rings is 7. The van der Waals surface area contributed by atoms with E-state index in [0.29, 0.717) is 17.6 Å². The molecule has 11 aromatic rings. The van der Waals surface area contributed by atoms with Gasteiger partial charge in [-0.25, -0.2) is 4.98 Å². The van der Waals surface area contributed by atoms with Crippen molar-refractivity contribution < 1.29 is 0 Å². The summed E-state index contributed by atoms with van der Waals surface area (Å²) in [6, 6.07) is 57.8. The number of hydrogen-bond donors (Lipinski definition) is 0. The van der Waals surface area contributed by atoms with Crippen LogP contribution in [0.3, 0.4) is 0 Å². The number of aromatic nitrogens is 5. The van der Waals surface area contributed by atoms with E-state index in [0.717, 1.165) is 27.8 Å². The second kappa shape index (κ2) is 10.9. The lowest BCUT2D eigenvalue weighted by Gasteiger charge is -2.11. The van der Waals surface area contributed by atoms with Crippen LogP contribution in [0.25, 0.3) is 98.2 Å². The first-order valence-corrected chi connectivity index (χ1v) is 17.9. The molecular weight excluding hydrogens is 643 g/mol. The third-order valence-electron chi connectivity index (χ3n) is 9.98. The quantitative estimate of drug-likeness (QED) is 0.187. The number of hydrogen-bond acceptors (Lipinski definition) is 4. The molecule has 4 aromatic heterocycles. The molecule has 4 heterocycles. The van der Waals surface area contributed by atoms with Gasteiger partial charge in [0.15, 0.2) is 11.6 Å². The van der Waals surface area contributed by atoms with Crippen molar-refractivity contribution in [3.63, 3.8) is 0 Å². The van der Waals surface area contributed by atoms with Gasteiger partial charge in [0.05, 0.1) is 22.1 Å². The summed E-state index contributed by atoms with van der Waals surface area (Å²) in [5.41, 5.74) is 7.62. The van der Waals surface area contributed by atoms with Gasteiger partial charge in [-0.2, -0.15) is 9.97 Å². The van der Waals surface area contributed by atoms with Crippen LogP contribution in [0.4, 0.5) is 0 Å². The Morgan fingerprint density at radius 3 is 1.47 bits per heavy atom. The SMILES string of the molecule is c1ccc(-c2nc(-c3ccccc3)nc(-n3c4ccccc4c4cc5sc6cc(-n7c8ccccc8c8ccccc87)ccc6c5cc43)n2)cc1. The van der Waals surface area contributed by atoms with E-state index in [4.69, 9.17) is 15.0 Å². The molecule has 0 aliphatic rings. The summed E-state index contributed by atoms with van der Waals surface area (Å²) in [5, 5.41) is 7.34. The molecule has 0 unspecified atom stereocenters. The molecule has 0 saturated carbocycles. The van der Waals surface area contributed by atoms with Crippen LogP contribution in [0.5, 0.6) is 0 Å². The van der Waals surface area contributed by atoms with E-state index >= 15 is 0 Å². The van der Waals surface area contributed by atoms with Crippen molar-refractivity contribution in [3.8, 4) is 34.4 Å². The first-order chi connectivity index (χ1) is 25.3. The summed E-state index contributed by atoms with van der Waals surface area (Å²) in [6.45, 7) is 0. The molecule has 0 fully saturated rings. The summed E-state index contributed by atoms with van der Waals surface area (Å²) >= 11 is 1.85. The van der Waals surface area contributed by atoms with Crippen molar-refractivity contribution in [1.29, 1.82) is 0 Å². The normalized spacial score (nSPS) is 11.9. The van der Waals surface area contributed by atoms with E-state index in [9.17, 15) is 0 Å². The zero-order valence-electron chi connectivity index (χ0n) is 27.2. The Morgan fingerprint density at radius 2 is 0.863 bits per heavy atom. The molecule has 0 spiro atoms. The zero-order chi connectivity index (χ0) is 33.5. The fourth-order valence-corrected chi connectivity index (χ4v) is 8.84. The van der Waals surface area contributed by atoms with Crippen molar-refractivity contribution in [2.45, 2.75) is 0 Å². The average Bonchev–Trinajstić information content (AvgIpc) is 3.84. The highest BCUT2D eigenvalue weighted by Gasteiger charge is 2.20. The van der Waals surface area contributed by atoms with Gasteiger partial charge in [-0.1, -0.05) is 121 Å². The number of para-hydroxylation sites is 3. The van der Waals surface area contributed by atoms with Crippen molar-refractivity contribution >= 4 is 75.1 Å². The van der Waals surface area contributed by atoms with Crippen molar-refractivity contribution in [3.05, 3.63) is 164 Å². The lowest BCUT2D eigenvalue weighted by molar-refractivity contribution is 0.954. The van der Waals surface area contributed by atoms with Crippen molar-refractivity contribution in [2.75, 3.05) is 0 Å². The monoisotopic (exact) mass is 669 g/mol. The number of nitrogens with zero attached hydrogens (tertiary/aromatic N) is 5. The minimum Gasteiger partial charge on any atom is -0.309 e. The van der Waals surface area contributed by atoms with E-state index < -0.39 is 0 Å². The van der Waals surface area contributed by atoms with Crippen LogP contribution in [0.2, 0.25) is 0 Å². The molecule has 0 bridgehead atoms. The third-order valence-corrected chi connectivity index (χ3v) is 11.1. The smallest absolute Gasteiger partial charge is 0.238 e. The van der Waals surface area contributed by atoms with Crippen LogP contribution >= 0.6 is 11.3 Å². The van der Waals surface area contributed by atoms with Gasteiger partial charge in [-0.3, -0.25) is 4.57 Å². The number of thiophene rings is 1. The highest BCUT2D eigenvalue weighted by molar-refractivity contribution is 7.25. The zero-order valence-corrected chi connectivity index (χ0v) is 28.0. The molecule has 0 N–H and O–H groups in total. The van der Waals surface area contributed by atoms with E-state index in [2.05, 4.69) is 112 Å². The predicted molar refractivity (Wildman–Crippen MR) is 212 cm³/mol. The molecule has 0 radical (unpaired) electrons. The molecule has 0 aliphatic carbocycles. The summed E-state index contributed by atoms with van der Waals surface area (Å²) in [7, 11) is 0. The topological polar surface area (TPSA) is 48.5 Å². The molecule has 11 rings (SSSR count). The molecule has 6 heteroatoms. The molecule has 5 nitrogen and oxygen atoms in total. The van der Waals surface area contributed by atoms with E-state index in [-0.39, 0.29) is 0 Å². The van der Waals surface area contributed by atoms with Crippen LogP contribution < -0.4 is 0 Å². The molecule has 0 amide bonds. The van der Waals surface area contributed by atoms with Gasteiger partial charge in [0.2, 0.25) is 5.95 Å². The minimum atomic E-state index is 0.599. The van der Waals surface area contributed by atoms with Crippen LogP contribution in [-0.4, -0.2) is 24.1 Å². The summed E-state index contributed by atoms with van der Waals surface area (Å²) < 4.78 is 7.11. The Balaban J connectivity index is 1.16. The summed E-state index contributed by atoms with van der Waals surface area (Å²) in [5.74, 6) is 1.89. The van der Waals surface area contributed by atoms with Crippen molar-refractivity contribution in [1.82, 2.24) is 24.1 Å². The van der Waals surface area contributed by atoms with Gasteiger partial charge in [0.25, 0.3) is 0 Å². The maximum absolute atomic E-state index is 5.13. The Hall–Kier alpha value is -6.63. The lowest BCUT2D eigenvalue weighted by atomic mass is 10.1. The molecule has 51 heavy (non-hydrogen) atoms. The molecular formula is C45H27N5S. The predicted octanol–water partition coefficient (Wildman–Crippen LogP) is 11.8. The molecule has 0 aliphatic heterocycles. The Kier molecular flexibility index (Phi) is 6.05. The van der Waals surface area contributed by atoms with Gasteiger partial charge in [0, 0.05) is 58.5 Å². The average molecular weight is 670 g/mol. The van der Waals surface area contributed by atoms with Crippen LogP contribution in [-0.2, 0) is 0 Å². The Morgan fingerprint density at radius 1 is 0.353 bits per heavy atom. The third kappa shape index (κ3) is 4.30. The van der Waals surface area contributed by atoms with Crippen LogP contribution in [0.1, 0.15) is 0 Å². The highest BCUT2D eigenvalue weighted by Crippen LogP contribution is 2.42. The van der Waals surface area contributed by atoms with Gasteiger partial charge >= 0.3 is 0 Å². The first kappa shape index (κ1) is 28.2. The van der Waals surface area contributed by atoms with Crippen LogP contribution in [0, 0.1) is 0 Å². The maximum atomic E-state index is 5.13. The van der Waals surface area contributed by atoms with Gasteiger partial charge < -0.3 is 4.57 Å². The Bertz CT molecular complexity index is 3030. The fraction of sp³-hybridized carbons (Fsp3) is 0. The molecule has 0 saturated heterocycles. The molecule has 7 aromatic carbocycles. The second-order valence-corrected chi connectivity index (χ2v) is 14.0. The standard InChI is InChI=1S/C45H27N5S/c1-3-13-28(14-4-1)43-46-44(29-15-5-2-6-16-29)48-45(47-43)50-39-22-12-9-19-33(39)35-27-42-36(26-40(35)50)34-24-23-30(25-41(34)51-42)49-37-20-10-7-17-31(37)32-18-8-11-21-38(32)49/h1-27H. The van der Waals surface area contributed by atoms with E-state index in [1.54, 1.807) is 0 Å². The number of rotatable bonds is 4. The van der Waals surface area contributed by atoms with Gasteiger partial charge in [-0.05, 0) is 42.5 Å². The summed E-state index contributed by atoms with van der Waals surface area (Å²) in [6.07, 6.45) is 0. The van der Waals surface area contributed by atoms with Gasteiger partial charge in [0.1, 0.15) is 0 Å². The Labute approximate surface area is 296 Å². The van der Waals surface area contributed by atoms with Crippen LogP contribution in [0.15, 0.2) is 164 Å². The molecule has 238 valence electrons. The lowest BCUT2D eigenvalue weighted by Crippen LogP contribution is -2.06. The maximum Gasteiger partial charge on any atom is 0.238 e. The second-order valence-electron chi connectivity index (χ2n) is 12.9. The number of fused-ring (bicyclic) bond motifs is 9. The first-order valence-electron chi connectivity index (χ1n) is 17.0. The summed E-state index contributed by atoms with van der Waals surface area (Å²) in [4.78, 5) is 15.2. The van der Waals surface area contributed by atoms with Crippen molar-refractivity contribution in [2.24, 2.45) is 0 Å². The van der Waals surface area contributed by atoms with Gasteiger partial charge in [-0.15, -0.1) is 11.3 Å².